The molecule has 0 bridgehead atoms. The Balaban J connectivity index is 1.84. The van der Waals surface area contributed by atoms with Gasteiger partial charge in [0.1, 0.15) is 11.6 Å². The molecule has 144 valence electrons. The first-order valence-corrected chi connectivity index (χ1v) is 8.99. The molecule has 3 rings (SSSR count). The smallest absolute Gasteiger partial charge is 0.230 e. The lowest BCUT2D eigenvalue weighted by molar-refractivity contribution is -0.115. The van der Waals surface area contributed by atoms with Crippen LogP contribution >= 0.6 is 0 Å². The van der Waals surface area contributed by atoms with Crippen LogP contribution in [-0.2, 0) is 11.2 Å². The molecule has 0 unspecified atom stereocenters. The van der Waals surface area contributed by atoms with Gasteiger partial charge in [-0.15, -0.1) is 0 Å². The summed E-state index contributed by atoms with van der Waals surface area (Å²) < 4.78 is 7.03. The van der Waals surface area contributed by atoms with Crippen LogP contribution in [0.2, 0.25) is 0 Å². The van der Waals surface area contributed by atoms with Crippen LogP contribution < -0.4 is 10.1 Å². The molecule has 0 saturated carbocycles. The van der Waals surface area contributed by atoms with Gasteiger partial charge in [0.25, 0.3) is 0 Å². The van der Waals surface area contributed by atoms with Crippen molar-refractivity contribution in [2.45, 2.75) is 27.2 Å². The number of benzene rings is 2. The largest absolute Gasteiger partial charge is 0.496 e. The summed E-state index contributed by atoms with van der Waals surface area (Å²) in [5, 5.41) is 7.39. The van der Waals surface area contributed by atoms with Gasteiger partial charge in [0.05, 0.1) is 24.9 Å². The molecule has 0 atom stereocenters. The van der Waals surface area contributed by atoms with Gasteiger partial charge in [-0.3, -0.25) is 9.59 Å². The van der Waals surface area contributed by atoms with Crippen LogP contribution in [0.5, 0.6) is 5.75 Å². The number of anilines is 1. The van der Waals surface area contributed by atoms with Crippen molar-refractivity contribution in [2.24, 2.45) is 0 Å². The fraction of sp³-hybridized carbons (Fsp3) is 0.227. The van der Waals surface area contributed by atoms with E-state index in [0.29, 0.717) is 22.7 Å². The topological polar surface area (TPSA) is 73.2 Å². The number of aromatic nitrogens is 2. The zero-order valence-corrected chi connectivity index (χ0v) is 16.4. The van der Waals surface area contributed by atoms with Crippen molar-refractivity contribution in [3.8, 4) is 11.4 Å². The molecule has 0 saturated heterocycles. The fourth-order valence-electron chi connectivity index (χ4n) is 2.97. The second-order valence-corrected chi connectivity index (χ2v) is 6.73. The number of hydrogen-bond donors (Lipinski definition) is 1. The minimum atomic E-state index is -0.215. The number of nitrogens with one attached hydrogen (secondary N) is 1. The number of hydrogen-bond acceptors (Lipinski definition) is 4. The van der Waals surface area contributed by atoms with Crippen LogP contribution in [0.4, 0.5) is 5.82 Å². The Kier molecular flexibility index (Phi) is 5.59. The van der Waals surface area contributed by atoms with Gasteiger partial charge in [-0.2, -0.15) is 5.10 Å². The highest BCUT2D eigenvalue weighted by molar-refractivity contribution is 5.96. The van der Waals surface area contributed by atoms with E-state index in [1.54, 1.807) is 30.0 Å². The third-order valence-electron chi connectivity index (χ3n) is 4.42. The van der Waals surface area contributed by atoms with Crippen LogP contribution in [0, 0.1) is 13.8 Å². The molecule has 1 N–H and O–H groups in total. The second-order valence-electron chi connectivity index (χ2n) is 6.73. The SMILES string of the molecule is COc1ccc(C(C)=O)cc1CC(=O)Nc1cc(C)nn1-c1ccc(C)cc1. The van der Waals surface area contributed by atoms with E-state index in [9.17, 15) is 9.59 Å². The third-order valence-corrected chi connectivity index (χ3v) is 4.42. The third kappa shape index (κ3) is 4.28. The molecular formula is C22H23N3O3. The number of methoxy groups -OCH3 is 1. The number of Topliss-reactive ketones (excluding diaryl/α,β-unsaturated/α-hetero) is 1. The van der Waals surface area contributed by atoms with Crippen molar-refractivity contribution in [1.29, 1.82) is 0 Å². The summed E-state index contributed by atoms with van der Waals surface area (Å²) >= 11 is 0. The van der Waals surface area contributed by atoms with Crippen LogP contribution in [0.15, 0.2) is 48.5 Å². The number of aryl methyl sites for hydroxylation is 2. The molecule has 6 heteroatoms. The maximum atomic E-state index is 12.7. The van der Waals surface area contributed by atoms with Crippen molar-refractivity contribution in [1.82, 2.24) is 9.78 Å². The summed E-state index contributed by atoms with van der Waals surface area (Å²) in [7, 11) is 1.54. The predicted octanol–water partition coefficient (Wildman–Crippen LogP) is 3.88. The van der Waals surface area contributed by atoms with Crippen molar-refractivity contribution in [2.75, 3.05) is 12.4 Å². The van der Waals surface area contributed by atoms with E-state index in [4.69, 9.17) is 4.74 Å². The van der Waals surface area contributed by atoms with Crippen molar-refractivity contribution in [3.05, 3.63) is 70.9 Å². The Hall–Kier alpha value is -3.41. The molecule has 0 aliphatic heterocycles. The van der Waals surface area contributed by atoms with Crippen LogP contribution in [0.1, 0.15) is 34.1 Å². The fourth-order valence-corrected chi connectivity index (χ4v) is 2.97. The predicted molar refractivity (Wildman–Crippen MR) is 108 cm³/mol. The summed E-state index contributed by atoms with van der Waals surface area (Å²) in [6.07, 6.45) is 0.0857. The number of rotatable bonds is 6. The molecule has 1 heterocycles. The van der Waals surface area contributed by atoms with Crippen molar-refractivity contribution < 1.29 is 14.3 Å². The lowest BCUT2D eigenvalue weighted by Crippen LogP contribution is -2.17. The maximum Gasteiger partial charge on any atom is 0.230 e. The molecule has 1 amide bonds. The van der Waals surface area contributed by atoms with Crippen LogP contribution in [0.3, 0.4) is 0 Å². The summed E-state index contributed by atoms with van der Waals surface area (Å²) in [5.41, 5.74) is 4.02. The molecule has 0 aliphatic carbocycles. The van der Waals surface area contributed by atoms with Gasteiger partial charge >= 0.3 is 0 Å². The summed E-state index contributed by atoms with van der Waals surface area (Å²) in [4.78, 5) is 24.3. The van der Waals surface area contributed by atoms with Crippen LogP contribution in [0.25, 0.3) is 5.69 Å². The van der Waals surface area contributed by atoms with Gasteiger partial charge in [0, 0.05) is 17.2 Å². The second kappa shape index (κ2) is 8.08. The number of ketones is 1. The first-order chi connectivity index (χ1) is 13.4. The van der Waals surface area contributed by atoms with Gasteiger partial charge in [-0.05, 0) is 51.1 Å². The van der Waals surface area contributed by atoms with Gasteiger partial charge < -0.3 is 10.1 Å². The van der Waals surface area contributed by atoms with Gasteiger partial charge in [-0.1, -0.05) is 17.7 Å². The Bertz CT molecular complexity index is 1020. The highest BCUT2D eigenvalue weighted by atomic mass is 16.5. The Morgan fingerprint density at radius 3 is 2.43 bits per heavy atom. The summed E-state index contributed by atoms with van der Waals surface area (Å²) in [6, 6.07) is 14.8. The Morgan fingerprint density at radius 2 is 1.79 bits per heavy atom. The van der Waals surface area contributed by atoms with E-state index in [2.05, 4.69) is 10.4 Å². The van der Waals surface area contributed by atoms with Gasteiger partial charge in [-0.25, -0.2) is 4.68 Å². The van der Waals surface area contributed by atoms with Crippen molar-refractivity contribution in [3.63, 3.8) is 0 Å². The van der Waals surface area contributed by atoms with Crippen LogP contribution in [-0.4, -0.2) is 28.6 Å². The van der Waals surface area contributed by atoms with Crippen molar-refractivity contribution >= 4 is 17.5 Å². The molecule has 0 radical (unpaired) electrons. The average Bonchev–Trinajstić information content (AvgIpc) is 3.02. The van der Waals surface area contributed by atoms with E-state index in [1.165, 1.54) is 6.92 Å². The minimum absolute atomic E-state index is 0.0580. The molecule has 1 aromatic heterocycles. The molecule has 6 nitrogen and oxygen atoms in total. The number of carbonyl (C=O) groups is 2. The number of nitrogens with zero attached hydrogens (tertiary/aromatic N) is 2. The molecule has 2 aromatic carbocycles. The lowest BCUT2D eigenvalue weighted by Gasteiger charge is -2.12. The average molecular weight is 377 g/mol. The zero-order valence-electron chi connectivity index (χ0n) is 16.4. The van der Waals surface area contributed by atoms with E-state index < -0.39 is 0 Å². The monoisotopic (exact) mass is 377 g/mol. The zero-order chi connectivity index (χ0) is 20.3. The molecule has 28 heavy (non-hydrogen) atoms. The highest BCUT2D eigenvalue weighted by Gasteiger charge is 2.15. The normalized spacial score (nSPS) is 10.6. The minimum Gasteiger partial charge on any atom is -0.496 e. The standard InChI is InChI=1S/C22H23N3O3/c1-14-5-8-19(9-6-14)25-21(11-15(2)24-25)23-22(27)13-18-12-17(16(3)26)7-10-20(18)28-4/h5-12H,13H2,1-4H3,(H,23,27). The Morgan fingerprint density at radius 1 is 1.07 bits per heavy atom. The van der Waals surface area contributed by atoms with Gasteiger partial charge in [0.15, 0.2) is 5.78 Å². The van der Waals surface area contributed by atoms with Gasteiger partial charge in [0.2, 0.25) is 5.91 Å². The molecule has 3 aromatic rings. The molecule has 0 aliphatic rings. The van der Waals surface area contributed by atoms with E-state index in [-0.39, 0.29) is 18.1 Å². The maximum absolute atomic E-state index is 12.7. The first kappa shape index (κ1) is 19.4. The van der Waals surface area contributed by atoms with E-state index >= 15 is 0 Å². The molecule has 0 spiro atoms. The number of ether oxygens (including phenoxy) is 1. The quantitative estimate of drug-likeness (QED) is 0.662. The summed E-state index contributed by atoms with van der Waals surface area (Å²) in [6.45, 7) is 5.39. The molecule has 0 fully saturated rings. The van der Waals surface area contributed by atoms with E-state index in [0.717, 1.165) is 16.9 Å². The van der Waals surface area contributed by atoms with E-state index in [1.807, 2.05) is 44.2 Å². The number of carbonyl (C=O) groups excluding carboxylic acids is 2. The molecular weight excluding hydrogens is 354 g/mol. The number of amides is 1. The Labute approximate surface area is 164 Å². The lowest BCUT2D eigenvalue weighted by atomic mass is 10.0. The highest BCUT2D eigenvalue weighted by Crippen LogP contribution is 2.22. The first-order valence-electron chi connectivity index (χ1n) is 8.99. The summed E-state index contributed by atoms with van der Waals surface area (Å²) in [5.74, 6) is 0.890.